The molecule has 0 bridgehead atoms. The number of rotatable bonds is 7. The number of anilines is 1. The lowest BCUT2D eigenvalue weighted by Crippen LogP contribution is -2.37. The molecule has 1 aromatic heterocycles. The van der Waals surface area contributed by atoms with Crippen LogP contribution in [0.2, 0.25) is 0 Å². The molecule has 0 spiro atoms. The van der Waals surface area contributed by atoms with E-state index in [1.54, 1.807) is 31.4 Å². The zero-order valence-electron chi connectivity index (χ0n) is 17.1. The fourth-order valence-electron chi connectivity index (χ4n) is 3.50. The normalized spacial score (nSPS) is 11.6. The zero-order chi connectivity index (χ0) is 21.6. The van der Waals surface area contributed by atoms with Gasteiger partial charge in [0.05, 0.1) is 13.5 Å². The molecule has 6 nitrogen and oxygen atoms in total. The molecule has 1 atom stereocenters. The number of amides is 2. The number of carbonyl (C=O) groups is 2. The molecule has 6 heteroatoms. The average molecular weight is 413 g/mol. The van der Waals surface area contributed by atoms with Crippen LogP contribution < -0.4 is 15.4 Å². The minimum atomic E-state index is -0.819. The van der Waals surface area contributed by atoms with Gasteiger partial charge in [-0.15, -0.1) is 0 Å². The van der Waals surface area contributed by atoms with Crippen molar-refractivity contribution >= 4 is 28.4 Å². The first kappa shape index (κ1) is 20.2. The molecule has 2 amide bonds. The van der Waals surface area contributed by atoms with Crippen molar-refractivity contribution in [3.8, 4) is 5.75 Å². The number of nitrogens with one attached hydrogen (secondary N) is 3. The molecule has 1 unspecified atom stereocenters. The summed E-state index contributed by atoms with van der Waals surface area (Å²) in [6.07, 6.45) is 2.00. The topological polar surface area (TPSA) is 83.2 Å². The Bertz CT molecular complexity index is 1180. The van der Waals surface area contributed by atoms with Crippen LogP contribution in [-0.4, -0.2) is 23.9 Å². The van der Waals surface area contributed by atoms with Gasteiger partial charge in [-0.3, -0.25) is 9.59 Å². The van der Waals surface area contributed by atoms with Gasteiger partial charge in [0.25, 0.3) is 5.91 Å². The summed E-state index contributed by atoms with van der Waals surface area (Å²) in [5.74, 6) is 0.150. The molecule has 0 aliphatic rings. The minimum absolute atomic E-state index is 0.170. The quantitative estimate of drug-likeness (QED) is 0.424. The summed E-state index contributed by atoms with van der Waals surface area (Å²) >= 11 is 0. The van der Waals surface area contributed by atoms with Crippen LogP contribution in [0, 0.1) is 0 Å². The van der Waals surface area contributed by atoms with E-state index in [0.29, 0.717) is 17.0 Å². The van der Waals surface area contributed by atoms with Gasteiger partial charge in [-0.2, -0.15) is 0 Å². The van der Waals surface area contributed by atoms with Crippen molar-refractivity contribution in [3.63, 3.8) is 0 Å². The van der Waals surface area contributed by atoms with Gasteiger partial charge in [-0.1, -0.05) is 48.5 Å². The molecule has 4 aromatic rings. The van der Waals surface area contributed by atoms with Crippen LogP contribution in [-0.2, 0) is 16.0 Å². The summed E-state index contributed by atoms with van der Waals surface area (Å²) in [5, 5.41) is 6.76. The van der Waals surface area contributed by atoms with E-state index in [4.69, 9.17) is 4.74 Å². The summed E-state index contributed by atoms with van der Waals surface area (Å²) in [5.41, 5.74) is 3.19. The molecule has 0 saturated heterocycles. The first-order chi connectivity index (χ1) is 15.1. The fraction of sp³-hybridized carbons (Fsp3) is 0.120. The molecule has 0 radical (unpaired) electrons. The maximum Gasteiger partial charge on any atom is 0.251 e. The third kappa shape index (κ3) is 4.75. The van der Waals surface area contributed by atoms with Gasteiger partial charge in [0.15, 0.2) is 0 Å². The summed E-state index contributed by atoms with van der Waals surface area (Å²) in [7, 11) is 1.59. The van der Waals surface area contributed by atoms with Crippen LogP contribution in [0.15, 0.2) is 85.1 Å². The SMILES string of the molecule is COc1ccc(NC(=O)C(NC(=O)Cc2c[nH]c3ccccc23)c2ccccc2)cc1. The summed E-state index contributed by atoms with van der Waals surface area (Å²) in [6, 6.07) is 23.2. The van der Waals surface area contributed by atoms with Crippen molar-refractivity contribution in [2.75, 3.05) is 12.4 Å². The molecule has 1 heterocycles. The van der Waals surface area contributed by atoms with Gasteiger partial charge < -0.3 is 20.4 Å². The highest BCUT2D eigenvalue weighted by molar-refractivity contribution is 5.98. The van der Waals surface area contributed by atoms with Crippen molar-refractivity contribution < 1.29 is 14.3 Å². The predicted octanol–water partition coefficient (Wildman–Crippen LogP) is 4.22. The van der Waals surface area contributed by atoms with Gasteiger partial charge >= 0.3 is 0 Å². The Hall–Kier alpha value is -4.06. The molecule has 3 aromatic carbocycles. The fourth-order valence-corrected chi connectivity index (χ4v) is 3.50. The van der Waals surface area contributed by atoms with Crippen molar-refractivity contribution in [3.05, 3.63) is 96.2 Å². The smallest absolute Gasteiger partial charge is 0.251 e. The Balaban J connectivity index is 1.52. The number of H-pyrrole nitrogens is 1. The van der Waals surface area contributed by atoms with E-state index in [0.717, 1.165) is 16.5 Å². The summed E-state index contributed by atoms with van der Waals surface area (Å²) in [4.78, 5) is 29.1. The van der Waals surface area contributed by atoms with E-state index in [1.807, 2.05) is 60.8 Å². The number of methoxy groups -OCH3 is 1. The number of aromatic amines is 1. The lowest BCUT2D eigenvalue weighted by molar-refractivity contribution is -0.126. The van der Waals surface area contributed by atoms with E-state index in [9.17, 15) is 9.59 Å². The Morgan fingerprint density at radius 1 is 0.935 bits per heavy atom. The van der Waals surface area contributed by atoms with Crippen LogP contribution >= 0.6 is 0 Å². The van der Waals surface area contributed by atoms with Crippen molar-refractivity contribution in [2.45, 2.75) is 12.5 Å². The Kier molecular flexibility index (Phi) is 5.98. The number of fused-ring (bicyclic) bond motifs is 1. The standard InChI is InChI=1S/C25H23N3O3/c1-31-20-13-11-19(12-14-20)27-25(30)24(17-7-3-2-4-8-17)28-23(29)15-18-16-26-22-10-6-5-9-21(18)22/h2-14,16,24,26H,15H2,1H3,(H,27,30)(H,28,29). The van der Waals surface area contributed by atoms with Crippen LogP contribution in [0.25, 0.3) is 10.9 Å². The molecule has 0 fully saturated rings. The third-order valence-electron chi connectivity index (χ3n) is 5.08. The van der Waals surface area contributed by atoms with Gasteiger partial charge in [0, 0.05) is 22.8 Å². The molecule has 0 aliphatic carbocycles. The number of hydrogen-bond acceptors (Lipinski definition) is 3. The second kappa shape index (κ2) is 9.17. The highest BCUT2D eigenvalue weighted by Crippen LogP contribution is 2.21. The number of benzene rings is 3. The lowest BCUT2D eigenvalue weighted by atomic mass is 10.0. The number of para-hydroxylation sites is 1. The molecule has 0 aliphatic heterocycles. The molecule has 31 heavy (non-hydrogen) atoms. The highest BCUT2D eigenvalue weighted by atomic mass is 16.5. The number of aromatic nitrogens is 1. The Labute approximate surface area is 180 Å². The molecular formula is C25H23N3O3. The average Bonchev–Trinajstić information content (AvgIpc) is 3.21. The summed E-state index contributed by atoms with van der Waals surface area (Å²) < 4.78 is 5.15. The largest absolute Gasteiger partial charge is 0.497 e. The first-order valence-electron chi connectivity index (χ1n) is 9.98. The van der Waals surface area contributed by atoms with Gasteiger partial charge in [-0.25, -0.2) is 0 Å². The molecule has 3 N–H and O–H groups in total. The van der Waals surface area contributed by atoms with Crippen molar-refractivity contribution in [1.82, 2.24) is 10.3 Å². The monoisotopic (exact) mass is 413 g/mol. The Morgan fingerprint density at radius 2 is 1.65 bits per heavy atom. The number of ether oxygens (including phenoxy) is 1. The summed E-state index contributed by atoms with van der Waals surface area (Å²) in [6.45, 7) is 0. The predicted molar refractivity (Wildman–Crippen MR) is 121 cm³/mol. The van der Waals surface area contributed by atoms with Crippen LogP contribution in [0.1, 0.15) is 17.2 Å². The van der Waals surface area contributed by atoms with Gasteiger partial charge in [-0.05, 0) is 41.5 Å². The van der Waals surface area contributed by atoms with Gasteiger partial charge in [0.2, 0.25) is 5.91 Å². The van der Waals surface area contributed by atoms with E-state index in [1.165, 1.54) is 0 Å². The minimum Gasteiger partial charge on any atom is -0.497 e. The second-order valence-corrected chi connectivity index (χ2v) is 7.17. The molecular weight excluding hydrogens is 390 g/mol. The van der Waals surface area contributed by atoms with Crippen molar-refractivity contribution in [2.24, 2.45) is 0 Å². The van der Waals surface area contributed by atoms with E-state index < -0.39 is 6.04 Å². The van der Waals surface area contributed by atoms with E-state index in [2.05, 4.69) is 15.6 Å². The third-order valence-corrected chi connectivity index (χ3v) is 5.08. The number of carbonyl (C=O) groups excluding carboxylic acids is 2. The van der Waals surface area contributed by atoms with E-state index in [-0.39, 0.29) is 18.2 Å². The first-order valence-corrected chi connectivity index (χ1v) is 9.98. The molecule has 4 rings (SSSR count). The van der Waals surface area contributed by atoms with Crippen LogP contribution in [0.3, 0.4) is 0 Å². The van der Waals surface area contributed by atoms with Crippen LogP contribution in [0.4, 0.5) is 5.69 Å². The lowest BCUT2D eigenvalue weighted by Gasteiger charge is -2.19. The van der Waals surface area contributed by atoms with Crippen molar-refractivity contribution in [1.29, 1.82) is 0 Å². The Morgan fingerprint density at radius 3 is 2.39 bits per heavy atom. The zero-order valence-corrected chi connectivity index (χ0v) is 17.1. The maximum absolute atomic E-state index is 13.1. The molecule has 0 saturated carbocycles. The second-order valence-electron chi connectivity index (χ2n) is 7.17. The highest BCUT2D eigenvalue weighted by Gasteiger charge is 2.23. The molecule has 156 valence electrons. The van der Waals surface area contributed by atoms with Gasteiger partial charge in [0.1, 0.15) is 11.8 Å². The van der Waals surface area contributed by atoms with E-state index >= 15 is 0 Å². The van der Waals surface area contributed by atoms with Crippen LogP contribution in [0.5, 0.6) is 5.75 Å². The number of hydrogen-bond donors (Lipinski definition) is 3. The maximum atomic E-state index is 13.1.